The highest BCUT2D eigenvalue weighted by molar-refractivity contribution is 7.14. The number of furan rings is 1. The number of thiophene rings is 1. The van der Waals surface area contributed by atoms with Gasteiger partial charge < -0.3 is 20.6 Å². The summed E-state index contributed by atoms with van der Waals surface area (Å²) < 4.78 is 25.6. The van der Waals surface area contributed by atoms with Gasteiger partial charge in [0, 0.05) is 32.6 Å². The average Bonchev–Trinajstić information content (AvgIpc) is 3.34. The third-order valence-electron chi connectivity index (χ3n) is 4.53. The number of nitrogen functional groups attached to an aromatic ring is 1. The molecule has 0 aliphatic rings. The van der Waals surface area contributed by atoms with Crippen LogP contribution in [0.2, 0.25) is 10.0 Å². The van der Waals surface area contributed by atoms with Gasteiger partial charge >= 0.3 is 0 Å². The molecule has 4 N–H and O–H groups in total. The third-order valence-corrected chi connectivity index (χ3v) is 6.21. The van der Waals surface area contributed by atoms with Gasteiger partial charge in [-0.2, -0.15) is 0 Å². The zero-order valence-corrected chi connectivity index (χ0v) is 17.7. The summed E-state index contributed by atoms with van der Waals surface area (Å²) in [5.41, 5.74) is 13.1. The van der Waals surface area contributed by atoms with E-state index in [2.05, 4.69) is 4.98 Å². The van der Waals surface area contributed by atoms with Gasteiger partial charge in [-0.3, -0.25) is 4.79 Å². The van der Waals surface area contributed by atoms with Crippen LogP contribution in [0.4, 0.5) is 10.2 Å². The summed E-state index contributed by atoms with van der Waals surface area (Å²) >= 11 is 13.6. The minimum Gasteiger partial charge on any atom is -0.478 e. The highest BCUT2D eigenvalue weighted by atomic mass is 35.5. The van der Waals surface area contributed by atoms with Gasteiger partial charge in [-0.1, -0.05) is 23.2 Å². The topological polar surface area (TPSA) is 104 Å². The molecule has 0 unspecified atom stereocenters. The standard InChI is InChI=1S/C20H14Cl2FN3O3S/c1-8(15-12(21)2-3-13(23)16(15)22)29-18-17-10(5-26-19(18)24)11(6-28-17)14-4-9(7-30-14)20(25)27/h2-8H,1H3,(H2,24,26)(H2,25,27)/t8-/m1/s1. The van der Waals surface area contributed by atoms with Gasteiger partial charge in [-0.25, -0.2) is 9.37 Å². The summed E-state index contributed by atoms with van der Waals surface area (Å²) in [5.74, 6) is -0.870. The van der Waals surface area contributed by atoms with Gasteiger partial charge in [0.1, 0.15) is 18.2 Å². The van der Waals surface area contributed by atoms with Crippen molar-refractivity contribution in [2.45, 2.75) is 13.0 Å². The molecule has 3 heterocycles. The first-order valence-electron chi connectivity index (χ1n) is 8.62. The number of nitrogens with zero attached hydrogens (tertiary/aromatic N) is 1. The predicted molar refractivity (Wildman–Crippen MR) is 116 cm³/mol. The van der Waals surface area contributed by atoms with E-state index in [-0.39, 0.29) is 27.2 Å². The number of carbonyl (C=O) groups excluding carboxylic acids is 1. The first kappa shape index (κ1) is 20.5. The molecule has 0 fully saturated rings. The quantitative estimate of drug-likeness (QED) is 0.361. The van der Waals surface area contributed by atoms with Crippen molar-refractivity contribution in [1.82, 2.24) is 4.98 Å². The van der Waals surface area contributed by atoms with Crippen molar-refractivity contribution >= 4 is 57.2 Å². The van der Waals surface area contributed by atoms with Crippen molar-refractivity contribution in [3.05, 3.63) is 63.0 Å². The molecule has 4 rings (SSSR count). The molecule has 0 spiro atoms. The molecule has 1 amide bonds. The summed E-state index contributed by atoms with van der Waals surface area (Å²) in [4.78, 5) is 16.3. The first-order chi connectivity index (χ1) is 14.3. The normalized spacial score (nSPS) is 12.3. The van der Waals surface area contributed by atoms with E-state index in [1.54, 1.807) is 24.6 Å². The number of rotatable bonds is 5. The van der Waals surface area contributed by atoms with Crippen molar-refractivity contribution in [1.29, 1.82) is 0 Å². The highest BCUT2D eigenvalue weighted by Crippen LogP contribution is 2.42. The number of hydrogen-bond acceptors (Lipinski definition) is 6. The van der Waals surface area contributed by atoms with E-state index in [4.69, 9.17) is 43.8 Å². The second-order valence-corrected chi connectivity index (χ2v) is 8.14. The molecule has 0 aliphatic carbocycles. The Labute approximate surface area is 184 Å². The van der Waals surface area contributed by atoms with Gasteiger partial charge in [-0.05, 0) is 25.1 Å². The number of hydrogen-bond donors (Lipinski definition) is 2. The minimum atomic E-state index is -0.743. The summed E-state index contributed by atoms with van der Waals surface area (Å²) in [7, 11) is 0. The van der Waals surface area contributed by atoms with Crippen LogP contribution < -0.4 is 16.2 Å². The summed E-state index contributed by atoms with van der Waals surface area (Å²) in [5, 5.41) is 2.41. The molecule has 154 valence electrons. The number of halogens is 3. The maximum Gasteiger partial charge on any atom is 0.249 e. The number of amides is 1. The number of nitrogens with two attached hydrogens (primary N) is 2. The number of primary amides is 1. The fourth-order valence-electron chi connectivity index (χ4n) is 3.04. The summed E-state index contributed by atoms with van der Waals surface area (Å²) in [6.45, 7) is 1.66. The summed E-state index contributed by atoms with van der Waals surface area (Å²) in [6.07, 6.45) is 2.32. The lowest BCUT2D eigenvalue weighted by atomic mass is 10.1. The molecule has 6 nitrogen and oxygen atoms in total. The van der Waals surface area contributed by atoms with Gasteiger partial charge in [0.15, 0.2) is 11.4 Å². The molecule has 30 heavy (non-hydrogen) atoms. The Balaban J connectivity index is 1.77. The molecule has 0 aliphatic heterocycles. The van der Waals surface area contributed by atoms with Crippen molar-refractivity contribution in [2.75, 3.05) is 5.73 Å². The van der Waals surface area contributed by atoms with E-state index >= 15 is 0 Å². The first-order valence-corrected chi connectivity index (χ1v) is 10.3. The maximum absolute atomic E-state index is 13.9. The largest absolute Gasteiger partial charge is 0.478 e. The van der Waals surface area contributed by atoms with Crippen molar-refractivity contribution in [3.63, 3.8) is 0 Å². The molecule has 1 atom stereocenters. The van der Waals surface area contributed by atoms with Gasteiger partial charge in [0.05, 0.1) is 16.0 Å². The van der Waals surface area contributed by atoms with Gasteiger partial charge in [-0.15, -0.1) is 11.3 Å². The molecule has 0 bridgehead atoms. The molecule has 10 heteroatoms. The zero-order valence-electron chi connectivity index (χ0n) is 15.4. The number of aromatic nitrogens is 1. The van der Waals surface area contributed by atoms with Crippen LogP contribution in [-0.2, 0) is 0 Å². The Bertz CT molecular complexity index is 1290. The van der Waals surface area contributed by atoms with Crippen LogP contribution in [0, 0.1) is 5.82 Å². The van der Waals surface area contributed by atoms with Crippen LogP contribution in [0.15, 0.2) is 40.5 Å². The lowest BCUT2D eigenvalue weighted by Crippen LogP contribution is -2.09. The van der Waals surface area contributed by atoms with Crippen LogP contribution in [0.3, 0.4) is 0 Å². The van der Waals surface area contributed by atoms with Crippen LogP contribution in [0.1, 0.15) is 28.9 Å². The Hall–Kier alpha value is -2.81. The van der Waals surface area contributed by atoms with E-state index in [1.807, 2.05) is 0 Å². The minimum absolute atomic E-state index is 0.0860. The van der Waals surface area contributed by atoms with E-state index in [0.29, 0.717) is 22.1 Å². The van der Waals surface area contributed by atoms with Crippen LogP contribution >= 0.6 is 34.5 Å². The maximum atomic E-state index is 13.9. The Kier molecular flexibility index (Phi) is 5.31. The molecule has 4 aromatic rings. The molecule has 0 saturated heterocycles. The monoisotopic (exact) mass is 465 g/mol. The molecular formula is C20H14Cl2FN3O3S. The average molecular weight is 466 g/mol. The fraction of sp³-hybridized carbons (Fsp3) is 0.100. The van der Waals surface area contributed by atoms with Crippen molar-refractivity contribution in [2.24, 2.45) is 5.73 Å². The van der Waals surface area contributed by atoms with Crippen LogP contribution in [0.25, 0.3) is 21.4 Å². The number of carbonyl (C=O) groups is 1. The van der Waals surface area contributed by atoms with E-state index in [1.165, 1.54) is 29.7 Å². The molecular weight excluding hydrogens is 452 g/mol. The van der Waals surface area contributed by atoms with Crippen molar-refractivity contribution < 1.29 is 18.3 Å². The highest BCUT2D eigenvalue weighted by Gasteiger charge is 2.23. The van der Waals surface area contributed by atoms with Crippen LogP contribution in [-0.4, -0.2) is 10.9 Å². The number of ether oxygens (including phenoxy) is 1. The number of benzene rings is 1. The Morgan fingerprint density at radius 2 is 2.13 bits per heavy atom. The van der Waals surface area contributed by atoms with Crippen molar-refractivity contribution in [3.8, 4) is 16.2 Å². The number of pyridine rings is 1. The molecule has 1 aromatic carbocycles. The van der Waals surface area contributed by atoms with Gasteiger partial charge in [0.25, 0.3) is 0 Å². The van der Waals surface area contributed by atoms with E-state index < -0.39 is 17.8 Å². The SMILES string of the molecule is C[C@@H](Oc1c(N)ncc2c(-c3cc(C(N)=O)cs3)coc12)c1c(Cl)ccc(F)c1Cl. The zero-order chi connectivity index (χ0) is 21.6. The smallest absolute Gasteiger partial charge is 0.249 e. The fourth-order valence-corrected chi connectivity index (χ4v) is 4.64. The Morgan fingerprint density at radius 1 is 1.37 bits per heavy atom. The van der Waals surface area contributed by atoms with Crippen LogP contribution in [0.5, 0.6) is 5.75 Å². The number of anilines is 1. The summed E-state index contributed by atoms with van der Waals surface area (Å²) in [6, 6.07) is 4.25. The van der Waals surface area contributed by atoms with E-state index in [9.17, 15) is 9.18 Å². The molecule has 0 radical (unpaired) electrons. The van der Waals surface area contributed by atoms with E-state index in [0.717, 1.165) is 4.88 Å². The predicted octanol–water partition coefficient (Wildman–Crippen LogP) is 5.82. The van der Waals surface area contributed by atoms with Gasteiger partial charge in [0.2, 0.25) is 11.7 Å². The Morgan fingerprint density at radius 3 is 2.83 bits per heavy atom. The second kappa shape index (κ2) is 7.79. The third kappa shape index (κ3) is 3.47. The number of fused-ring (bicyclic) bond motifs is 1. The molecule has 0 saturated carbocycles. The second-order valence-electron chi connectivity index (χ2n) is 6.45. The molecule has 3 aromatic heterocycles. The lowest BCUT2D eigenvalue weighted by molar-refractivity contribution is 0.100. The lowest BCUT2D eigenvalue weighted by Gasteiger charge is -2.18.